The molecule has 0 spiro atoms. The van der Waals surface area contributed by atoms with E-state index in [1.807, 2.05) is 31.3 Å². The first-order chi connectivity index (χ1) is 16.4. The molecule has 2 aliphatic heterocycles. The van der Waals surface area contributed by atoms with Gasteiger partial charge >= 0.3 is 0 Å². The van der Waals surface area contributed by atoms with Crippen LogP contribution in [-0.2, 0) is 24.2 Å². The highest BCUT2D eigenvalue weighted by Crippen LogP contribution is 2.38. The molecule has 8 nitrogen and oxygen atoms in total. The summed E-state index contributed by atoms with van der Waals surface area (Å²) in [4.78, 5) is 23.4. The zero-order chi connectivity index (χ0) is 23.7. The second kappa shape index (κ2) is 9.67. The van der Waals surface area contributed by atoms with Crippen molar-refractivity contribution in [3.05, 3.63) is 28.1 Å². The Morgan fingerprint density at radius 2 is 2.15 bits per heavy atom. The molecule has 0 bridgehead atoms. The molecular formula is C25H34N6O2S. The molecule has 4 heterocycles. The van der Waals surface area contributed by atoms with Gasteiger partial charge in [-0.2, -0.15) is 5.26 Å². The van der Waals surface area contributed by atoms with Gasteiger partial charge in [-0.15, -0.1) is 11.3 Å². The number of rotatable bonds is 7. The van der Waals surface area contributed by atoms with Gasteiger partial charge in [0, 0.05) is 43.2 Å². The summed E-state index contributed by atoms with van der Waals surface area (Å²) in [7, 11) is 0. The number of fused-ring (bicyclic) bond motifs is 1. The predicted molar refractivity (Wildman–Crippen MR) is 130 cm³/mol. The molecule has 9 heteroatoms. The molecule has 0 atom stereocenters. The lowest BCUT2D eigenvalue weighted by molar-refractivity contribution is -0.121. The second-order valence-corrected chi connectivity index (χ2v) is 11.7. The number of anilines is 1. The van der Waals surface area contributed by atoms with Gasteiger partial charge in [0.05, 0.1) is 29.3 Å². The van der Waals surface area contributed by atoms with Gasteiger partial charge in [0.15, 0.2) is 5.13 Å². The van der Waals surface area contributed by atoms with E-state index in [-0.39, 0.29) is 23.8 Å². The number of aromatic nitrogens is 2. The minimum Gasteiger partial charge on any atom is -0.361 e. The van der Waals surface area contributed by atoms with Gasteiger partial charge < -0.3 is 14.7 Å². The summed E-state index contributed by atoms with van der Waals surface area (Å²) in [6.07, 6.45) is 7.05. The summed E-state index contributed by atoms with van der Waals surface area (Å²) in [6, 6.07) is 4.52. The van der Waals surface area contributed by atoms with Gasteiger partial charge in [-0.3, -0.25) is 9.69 Å². The normalized spacial score (nSPS) is 24.2. The van der Waals surface area contributed by atoms with E-state index in [4.69, 9.17) is 9.51 Å². The highest BCUT2D eigenvalue weighted by molar-refractivity contribution is 7.15. The zero-order valence-electron chi connectivity index (χ0n) is 20.2. The fourth-order valence-electron chi connectivity index (χ4n) is 5.46. The molecule has 34 heavy (non-hydrogen) atoms. The van der Waals surface area contributed by atoms with Crippen LogP contribution in [-0.4, -0.2) is 53.2 Å². The lowest BCUT2D eigenvalue weighted by atomic mass is 9.84. The molecule has 0 unspecified atom stereocenters. The summed E-state index contributed by atoms with van der Waals surface area (Å²) in [6.45, 7) is 8.65. The molecule has 1 N–H and O–H groups in total. The Kier molecular flexibility index (Phi) is 6.63. The minimum absolute atomic E-state index is 0.0295. The molecule has 2 aromatic heterocycles. The van der Waals surface area contributed by atoms with Gasteiger partial charge in [-0.25, -0.2) is 4.98 Å². The maximum atomic E-state index is 12.3. The molecule has 3 aliphatic rings. The fraction of sp³-hybridized carbons (Fsp3) is 0.680. The highest BCUT2D eigenvalue weighted by atomic mass is 32.1. The summed E-state index contributed by atoms with van der Waals surface area (Å²) in [5.74, 6) is 1.40. The van der Waals surface area contributed by atoms with E-state index in [9.17, 15) is 10.1 Å². The molecule has 2 fully saturated rings. The van der Waals surface area contributed by atoms with E-state index in [0.717, 1.165) is 68.7 Å². The Bertz CT molecular complexity index is 1060. The molecule has 0 aromatic carbocycles. The van der Waals surface area contributed by atoms with Crippen molar-refractivity contribution in [2.24, 2.45) is 11.3 Å². The Morgan fingerprint density at radius 1 is 1.35 bits per heavy atom. The molecule has 1 aliphatic carbocycles. The third-order valence-electron chi connectivity index (χ3n) is 7.49. The molecule has 1 saturated carbocycles. The van der Waals surface area contributed by atoms with Gasteiger partial charge in [0.1, 0.15) is 5.76 Å². The number of hydrogen-bond acceptors (Lipinski definition) is 8. The van der Waals surface area contributed by atoms with Crippen molar-refractivity contribution in [2.45, 2.75) is 71.4 Å². The van der Waals surface area contributed by atoms with Gasteiger partial charge in [0.25, 0.3) is 0 Å². The molecule has 1 amide bonds. The average molecular weight is 483 g/mol. The molecular weight excluding hydrogens is 448 g/mol. The van der Waals surface area contributed by atoms with Crippen molar-refractivity contribution >= 4 is 22.4 Å². The van der Waals surface area contributed by atoms with Crippen LogP contribution in [0.15, 0.2) is 10.6 Å². The standard InChI is InChI=1S/C25H34N6O2S/c1-17-11-20(33-29-17)12-23(32)27-19-5-3-18(4-6-19)7-9-30-10-8-22-21(13-30)28-24(34-22)31-15-25(2,14-26)16-31/h11,18-19H,3-10,12-13,15-16H2,1-2H3,(H,27,32). The largest absolute Gasteiger partial charge is 0.361 e. The summed E-state index contributed by atoms with van der Waals surface area (Å²) >= 11 is 1.82. The number of carbonyl (C=O) groups is 1. The van der Waals surface area contributed by atoms with E-state index < -0.39 is 0 Å². The number of amides is 1. The van der Waals surface area contributed by atoms with Crippen LogP contribution in [0.2, 0.25) is 0 Å². The van der Waals surface area contributed by atoms with Crippen molar-refractivity contribution in [1.29, 1.82) is 5.26 Å². The van der Waals surface area contributed by atoms with E-state index in [1.54, 1.807) is 0 Å². The first-order valence-corrected chi connectivity index (χ1v) is 13.3. The monoisotopic (exact) mass is 482 g/mol. The van der Waals surface area contributed by atoms with Crippen LogP contribution < -0.4 is 10.2 Å². The Labute approximate surface area is 205 Å². The maximum Gasteiger partial charge on any atom is 0.227 e. The summed E-state index contributed by atoms with van der Waals surface area (Å²) < 4.78 is 5.15. The van der Waals surface area contributed by atoms with Crippen LogP contribution in [0.5, 0.6) is 0 Å². The number of nitrogens with one attached hydrogen (secondary N) is 1. The van der Waals surface area contributed by atoms with Crippen molar-refractivity contribution in [2.75, 3.05) is 31.1 Å². The van der Waals surface area contributed by atoms with Crippen molar-refractivity contribution in [3.8, 4) is 6.07 Å². The lowest BCUT2D eigenvalue weighted by Gasteiger charge is -2.43. The van der Waals surface area contributed by atoms with E-state index >= 15 is 0 Å². The first kappa shape index (κ1) is 23.3. The van der Waals surface area contributed by atoms with Crippen molar-refractivity contribution < 1.29 is 9.32 Å². The number of aryl methyl sites for hydroxylation is 1. The molecule has 5 rings (SSSR count). The number of nitrogens with zero attached hydrogens (tertiary/aromatic N) is 5. The molecule has 1 saturated heterocycles. The van der Waals surface area contributed by atoms with E-state index in [0.29, 0.717) is 5.76 Å². The van der Waals surface area contributed by atoms with E-state index in [1.165, 1.54) is 29.8 Å². The topological polar surface area (TPSA) is 98.3 Å². The number of thiazole rings is 1. The summed E-state index contributed by atoms with van der Waals surface area (Å²) in [5, 5.41) is 17.4. The second-order valence-electron chi connectivity index (χ2n) is 10.6. The maximum absolute atomic E-state index is 12.3. The number of carbonyl (C=O) groups excluding carboxylic acids is 1. The third-order valence-corrected chi connectivity index (χ3v) is 8.71. The van der Waals surface area contributed by atoms with E-state index in [2.05, 4.69) is 26.3 Å². The van der Waals surface area contributed by atoms with Crippen LogP contribution in [0.1, 0.15) is 61.1 Å². The zero-order valence-corrected chi connectivity index (χ0v) is 21.0. The number of nitriles is 1. The van der Waals surface area contributed by atoms with Gasteiger partial charge in [-0.1, -0.05) is 5.16 Å². The fourth-order valence-corrected chi connectivity index (χ4v) is 6.52. The lowest BCUT2D eigenvalue weighted by Crippen LogP contribution is -2.54. The Hall–Kier alpha value is -2.44. The van der Waals surface area contributed by atoms with Crippen LogP contribution in [0.3, 0.4) is 0 Å². The SMILES string of the molecule is Cc1cc(CC(=O)NC2CCC(CCN3CCc4sc(N5CC(C)(C#N)C5)nc4C3)CC2)on1. The van der Waals surface area contributed by atoms with Crippen LogP contribution in [0.4, 0.5) is 5.13 Å². The Balaban J connectivity index is 1.02. The predicted octanol–water partition coefficient (Wildman–Crippen LogP) is 3.46. The smallest absolute Gasteiger partial charge is 0.227 e. The Morgan fingerprint density at radius 3 is 2.85 bits per heavy atom. The van der Waals surface area contributed by atoms with Crippen LogP contribution in [0, 0.1) is 29.6 Å². The first-order valence-electron chi connectivity index (χ1n) is 12.5. The molecule has 0 radical (unpaired) electrons. The highest BCUT2D eigenvalue weighted by Gasteiger charge is 2.41. The van der Waals surface area contributed by atoms with Crippen molar-refractivity contribution in [1.82, 2.24) is 20.4 Å². The summed E-state index contributed by atoms with van der Waals surface area (Å²) in [5.41, 5.74) is 1.84. The van der Waals surface area contributed by atoms with Crippen LogP contribution >= 0.6 is 11.3 Å². The van der Waals surface area contributed by atoms with Gasteiger partial charge in [-0.05, 0) is 64.8 Å². The van der Waals surface area contributed by atoms with Crippen LogP contribution in [0.25, 0.3) is 0 Å². The average Bonchev–Trinajstić information content (AvgIpc) is 3.41. The minimum atomic E-state index is -0.212. The van der Waals surface area contributed by atoms with Crippen molar-refractivity contribution in [3.63, 3.8) is 0 Å². The molecule has 182 valence electrons. The third kappa shape index (κ3) is 5.28. The molecule has 2 aromatic rings. The quantitative estimate of drug-likeness (QED) is 0.645. The van der Waals surface area contributed by atoms with Gasteiger partial charge in [0.2, 0.25) is 5.91 Å². The number of hydrogen-bond donors (Lipinski definition) is 1.